The normalized spacial score (nSPS) is 27.3. The fourth-order valence-electron chi connectivity index (χ4n) is 2.91. The fraction of sp³-hybridized carbons (Fsp3) is 0.647. The number of benzene rings is 1. The summed E-state index contributed by atoms with van der Waals surface area (Å²) in [5, 5.41) is 5.23. The zero-order valence-corrected chi connectivity index (χ0v) is 14.9. The van der Waals surface area contributed by atoms with E-state index in [9.17, 15) is 0 Å². The Morgan fingerprint density at radius 3 is 2.48 bits per heavy atom. The summed E-state index contributed by atoms with van der Waals surface area (Å²) in [6.07, 6.45) is 1.10. The van der Waals surface area contributed by atoms with E-state index < -0.39 is 0 Å². The average molecular weight is 329 g/mol. The van der Waals surface area contributed by atoms with Gasteiger partial charge in [0.25, 0.3) is 0 Å². The number of rotatable bonds is 4. The van der Waals surface area contributed by atoms with Crippen LogP contribution in [0.15, 0.2) is 18.2 Å². The molecule has 0 radical (unpaired) electrons. The molecule has 0 saturated carbocycles. The lowest BCUT2D eigenvalue weighted by Gasteiger charge is -2.49. The Kier molecular flexibility index (Phi) is 5.59. The van der Waals surface area contributed by atoms with Gasteiger partial charge in [0.2, 0.25) is 0 Å². The van der Waals surface area contributed by atoms with Gasteiger partial charge in [-0.1, -0.05) is 50.0 Å². The molecule has 2 atom stereocenters. The van der Waals surface area contributed by atoms with Gasteiger partial charge >= 0.3 is 0 Å². The van der Waals surface area contributed by atoms with Crippen LogP contribution in [0.2, 0.25) is 10.0 Å². The van der Waals surface area contributed by atoms with Gasteiger partial charge in [-0.25, -0.2) is 0 Å². The molecule has 1 N–H and O–H groups in total. The van der Waals surface area contributed by atoms with Crippen molar-refractivity contribution in [3.8, 4) is 0 Å². The molecule has 1 saturated heterocycles. The Hall–Kier alpha value is -0.280. The van der Waals surface area contributed by atoms with E-state index in [0.717, 1.165) is 41.7 Å². The summed E-state index contributed by atoms with van der Waals surface area (Å²) in [7, 11) is 0. The molecular formula is C17H26Cl2N2. The van der Waals surface area contributed by atoms with Gasteiger partial charge in [-0.15, -0.1) is 0 Å². The topological polar surface area (TPSA) is 15.3 Å². The third-order valence-corrected chi connectivity index (χ3v) is 5.61. The van der Waals surface area contributed by atoms with Crippen LogP contribution in [-0.2, 0) is 6.54 Å². The highest BCUT2D eigenvalue weighted by Crippen LogP contribution is 2.31. The van der Waals surface area contributed by atoms with E-state index in [0.29, 0.717) is 12.0 Å². The number of hydrogen-bond acceptors (Lipinski definition) is 2. The lowest BCUT2D eigenvalue weighted by Crippen LogP contribution is -2.63. The average Bonchev–Trinajstić information content (AvgIpc) is 2.44. The molecule has 1 fully saturated rings. The fourth-order valence-corrected chi connectivity index (χ4v) is 3.43. The highest BCUT2D eigenvalue weighted by Gasteiger charge is 2.37. The molecule has 0 aliphatic carbocycles. The first-order valence-electron chi connectivity index (χ1n) is 7.78. The Balaban J connectivity index is 2.24. The molecule has 1 aliphatic rings. The Morgan fingerprint density at radius 1 is 1.33 bits per heavy atom. The van der Waals surface area contributed by atoms with Crippen LogP contribution >= 0.6 is 23.2 Å². The van der Waals surface area contributed by atoms with Crippen molar-refractivity contribution in [2.24, 2.45) is 5.92 Å². The van der Waals surface area contributed by atoms with Crippen molar-refractivity contribution in [3.05, 3.63) is 33.8 Å². The minimum absolute atomic E-state index is 0.147. The minimum Gasteiger partial charge on any atom is -0.311 e. The van der Waals surface area contributed by atoms with Gasteiger partial charge < -0.3 is 5.32 Å². The molecule has 0 amide bonds. The van der Waals surface area contributed by atoms with Gasteiger partial charge in [0.15, 0.2) is 0 Å². The van der Waals surface area contributed by atoms with E-state index in [4.69, 9.17) is 23.2 Å². The molecule has 2 unspecified atom stereocenters. The Morgan fingerprint density at radius 2 is 1.95 bits per heavy atom. The molecule has 0 bridgehead atoms. The van der Waals surface area contributed by atoms with Crippen LogP contribution in [0.3, 0.4) is 0 Å². The first kappa shape index (κ1) is 17.1. The van der Waals surface area contributed by atoms with Crippen molar-refractivity contribution < 1.29 is 0 Å². The van der Waals surface area contributed by atoms with Gasteiger partial charge in [0.1, 0.15) is 0 Å². The summed E-state index contributed by atoms with van der Waals surface area (Å²) in [5.74, 6) is 0.621. The minimum atomic E-state index is 0.147. The smallest absolute Gasteiger partial charge is 0.0465 e. The van der Waals surface area contributed by atoms with Crippen LogP contribution in [0, 0.1) is 5.92 Å². The van der Waals surface area contributed by atoms with Crippen molar-refractivity contribution in [1.29, 1.82) is 0 Å². The maximum Gasteiger partial charge on any atom is 0.0465 e. The van der Waals surface area contributed by atoms with Crippen molar-refractivity contribution in [1.82, 2.24) is 10.2 Å². The van der Waals surface area contributed by atoms with E-state index >= 15 is 0 Å². The highest BCUT2D eigenvalue weighted by molar-refractivity contribution is 6.35. The van der Waals surface area contributed by atoms with Crippen LogP contribution in [-0.4, -0.2) is 29.6 Å². The van der Waals surface area contributed by atoms with E-state index in [1.165, 1.54) is 0 Å². The molecule has 1 aromatic rings. The first-order valence-corrected chi connectivity index (χ1v) is 8.54. The maximum atomic E-state index is 6.36. The highest BCUT2D eigenvalue weighted by atomic mass is 35.5. The van der Waals surface area contributed by atoms with Crippen LogP contribution < -0.4 is 5.32 Å². The number of hydrogen-bond donors (Lipinski definition) is 1. The van der Waals surface area contributed by atoms with Crippen molar-refractivity contribution in [3.63, 3.8) is 0 Å². The molecule has 1 aromatic carbocycles. The lowest BCUT2D eigenvalue weighted by molar-refractivity contribution is 0.0317. The van der Waals surface area contributed by atoms with Gasteiger partial charge in [-0.2, -0.15) is 0 Å². The molecule has 1 aliphatic heterocycles. The molecule has 21 heavy (non-hydrogen) atoms. The van der Waals surface area contributed by atoms with Gasteiger partial charge in [0.05, 0.1) is 0 Å². The Bertz CT molecular complexity index is 469. The third kappa shape index (κ3) is 3.73. The van der Waals surface area contributed by atoms with E-state index in [-0.39, 0.29) is 5.54 Å². The SMILES string of the molecule is CCC1(C)CNC(C(C)C)CN1Cc1c(Cl)cccc1Cl. The summed E-state index contributed by atoms with van der Waals surface area (Å²) >= 11 is 12.7. The Labute approximate surface area is 138 Å². The molecular weight excluding hydrogens is 303 g/mol. The predicted octanol–water partition coefficient (Wildman–Crippen LogP) is 4.59. The van der Waals surface area contributed by atoms with Crippen molar-refractivity contribution in [2.75, 3.05) is 13.1 Å². The largest absolute Gasteiger partial charge is 0.311 e. The zero-order valence-electron chi connectivity index (χ0n) is 13.4. The molecule has 2 rings (SSSR count). The lowest BCUT2D eigenvalue weighted by atomic mass is 9.89. The molecule has 0 aromatic heterocycles. The third-order valence-electron chi connectivity index (χ3n) is 4.90. The van der Waals surface area contributed by atoms with Gasteiger partial charge in [0, 0.05) is 46.8 Å². The second-order valence-electron chi connectivity index (χ2n) is 6.66. The summed E-state index contributed by atoms with van der Waals surface area (Å²) in [5.41, 5.74) is 1.19. The molecule has 0 spiro atoms. The zero-order chi connectivity index (χ0) is 15.6. The van der Waals surface area contributed by atoms with Crippen molar-refractivity contribution in [2.45, 2.75) is 52.2 Å². The predicted molar refractivity (Wildman–Crippen MR) is 92.2 cm³/mol. The quantitative estimate of drug-likeness (QED) is 0.869. The van der Waals surface area contributed by atoms with Crippen LogP contribution in [0.5, 0.6) is 0 Å². The number of nitrogens with zero attached hydrogens (tertiary/aromatic N) is 1. The monoisotopic (exact) mass is 328 g/mol. The van der Waals surface area contributed by atoms with E-state index in [1.807, 2.05) is 18.2 Å². The molecule has 1 heterocycles. The molecule has 2 nitrogen and oxygen atoms in total. The standard InChI is InChI=1S/C17H26Cl2N2/c1-5-17(4)11-20-16(12(2)3)10-21(17)9-13-14(18)7-6-8-15(13)19/h6-8,12,16,20H,5,9-11H2,1-4H3. The van der Waals surface area contributed by atoms with E-state index in [1.54, 1.807) is 0 Å². The summed E-state index contributed by atoms with van der Waals surface area (Å²) in [6, 6.07) is 6.27. The second kappa shape index (κ2) is 6.87. The van der Waals surface area contributed by atoms with Gasteiger partial charge in [-0.3, -0.25) is 4.90 Å². The summed E-state index contributed by atoms with van der Waals surface area (Å²) < 4.78 is 0. The molecule has 118 valence electrons. The van der Waals surface area contributed by atoms with Crippen LogP contribution in [0.4, 0.5) is 0 Å². The van der Waals surface area contributed by atoms with Crippen molar-refractivity contribution >= 4 is 23.2 Å². The van der Waals surface area contributed by atoms with Gasteiger partial charge in [-0.05, 0) is 31.4 Å². The van der Waals surface area contributed by atoms with Crippen LogP contribution in [0.1, 0.15) is 39.7 Å². The summed E-state index contributed by atoms with van der Waals surface area (Å²) in [4.78, 5) is 2.54. The van der Waals surface area contributed by atoms with E-state index in [2.05, 4.69) is 37.9 Å². The summed E-state index contributed by atoms with van der Waals surface area (Å²) in [6.45, 7) is 12.0. The first-order chi connectivity index (χ1) is 9.87. The maximum absolute atomic E-state index is 6.36. The number of halogens is 2. The van der Waals surface area contributed by atoms with Crippen LogP contribution in [0.25, 0.3) is 0 Å². The number of nitrogens with one attached hydrogen (secondary N) is 1. The molecule has 4 heteroatoms. The second-order valence-corrected chi connectivity index (χ2v) is 7.48. The number of piperazine rings is 1.